The molecule has 0 aliphatic heterocycles. The van der Waals surface area contributed by atoms with E-state index in [4.69, 9.17) is 0 Å². The standard InChI is InChI=1S/C25H29N3O2/c1-18-13-14-22(19(2)15-18)16-27-28-23(29)17-26-25(30)24(20-9-5-3-6-10-20)21-11-7-4-8-12-21/h3-13,16,19,24,27H,14-15,17H2,1-2H3,(H,26,30)(H,28,29). The molecule has 30 heavy (non-hydrogen) atoms. The van der Waals surface area contributed by atoms with E-state index < -0.39 is 5.92 Å². The Labute approximate surface area is 178 Å². The minimum Gasteiger partial charge on any atom is -0.346 e. The number of hydrogen-bond donors (Lipinski definition) is 3. The average Bonchev–Trinajstić information content (AvgIpc) is 2.75. The molecule has 3 N–H and O–H groups in total. The van der Waals surface area contributed by atoms with Gasteiger partial charge in [-0.1, -0.05) is 79.2 Å². The van der Waals surface area contributed by atoms with Gasteiger partial charge >= 0.3 is 0 Å². The highest BCUT2D eigenvalue weighted by Crippen LogP contribution is 2.27. The largest absolute Gasteiger partial charge is 0.346 e. The van der Waals surface area contributed by atoms with Crippen LogP contribution in [0.5, 0.6) is 0 Å². The van der Waals surface area contributed by atoms with E-state index in [-0.39, 0.29) is 18.4 Å². The topological polar surface area (TPSA) is 70.2 Å². The van der Waals surface area contributed by atoms with Crippen molar-refractivity contribution in [2.45, 2.75) is 32.6 Å². The van der Waals surface area contributed by atoms with E-state index in [2.05, 4.69) is 36.1 Å². The van der Waals surface area contributed by atoms with E-state index in [0.29, 0.717) is 5.92 Å². The van der Waals surface area contributed by atoms with Crippen molar-refractivity contribution in [3.8, 4) is 0 Å². The Morgan fingerprint density at radius 2 is 1.63 bits per heavy atom. The Hall–Kier alpha value is -3.34. The number of carbonyl (C=O) groups excluding carboxylic acids is 2. The summed E-state index contributed by atoms with van der Waals surface area (Å²) >= 11 is 0. The predicted molar refractivity (Wildman–Crippen MR) is 119 cm³/mol. The van der Waals surface area contributed by atoms with E-state index in [9.17, 15) is 9.59 Å². The van der Waals surface area contributed by atoms with Crippen molar-refractivity contribution < 1.29 is 9.59 Å². The molecule has 2 amide bonds. The van der Waals surface area contributed by atoms with Crippen LogP contribution < -0.4 is 16.2 Å². The molecule has 156 valence electrons. The molecule has 0 bridgehead atoms. The lowest BCUT2D eigenvalue weighted by molar-refractivity contribution is -0.126. The minimum atomic E-state index is -0.464. The van der Waals surface area contributed by atoms with Gasteiger partial charge in [0.1, 0.15) is 0 Å². The third-order valence-corrected chi connectivity index (χ3v) is 5.37. The van der Waals surface area contributed by atoms with Crippen LogP contribution in [0.15, 0.2) is 84.1 Å². The summed E-state index contributed by atoms with van der Waals surface area (Å²) in [6.07, 6.45) is 5.99. The lowest BCUT2D eigenvalue weighted by atomic mass is 9.87. The van der Waals surface area contributed by atoms with Gasteiger partial charge in [0, 0.05) is 6.20 Å². The first-order valence-corrected chi connectivity index (χ1v) is 10.3. The van der Waals surface area contributed by atoms with Gasteiger partial charge in [-0.05, 0) is 42.4 Å². The van der Waals surface area contributed by atoms with Crippen molar-refractivity contribution in [2.75, 3.05) is 6.54 Å². The minimum absolute atomic E-state index is 0.0975. The maximum absolute atomic E-state index is 12.9. The second-order valence-electron chi connectivity index (χ2n) is 7.74. The zero-order valence-electron chi connectivity index (χ0n) is 17.5. The molecule has 1 aliphatic carbocycles. The molecule has 5 nitrogen and oxygen atoms in total. The molecule has 0 radical (unpaired) electrons. The number of allylic oxidation sites excluding steroid dienone is 3. The summed E-state index contributed by atoms with van der Waals surface area (Å²) in [6, 6.07) is 19.2. The fraction of sp³-hybridized carbons (Fsp3) is 0.280. The van der Waals surface area contributed by atoms with Crippen LogP contribution in [0.1, 0.15) is 43.7 Å². The number of amides is 2. The smallest absolute Gasteiger partial charge is 0.257 e. The first-order valence-electron chi connectivity index (χ1n) is 10.3. The molecule has 3 rings (SSSR count). The molecule has 0 saturated heterocycles. The molecule has 0 saturated carbocycles. The zero-order valence-corrected chi connectivity index (χ0v) is 17.5. The lowest BCUT2D eigenvalue weighted by Gasteiger charge is -2.21. The summed E-state index contributed by atoms with van der Waals surface area (Å²) in [5, 5.41) is 2.76. The third kappa shape index (κ3) is 5.83. The van der Waals surface area contributed by atoms with E-state index in [0.717, 1.165) is 24.0 Å². The van der Waals surface area contributed by atoms with Crippen LogP contribution >= 0.6 is 0 Å². The summed E-state index contributed by atoms with van der Waals surface area (Å²) in [6.45, 7) is 4.22. The summed E-state index contributed by atoms with van der Waals surface area (Å²) in [4.78, 5) is 25.1. The Morgan fingerprint density at radius 3 is 2.20 bits per heavy atom. The summed E-state index contributed by atoms with van der Waals surface area (Å²) in [5.41, 5.74) is 9.93. The molecule has 2 aromatic carbocycles. The van der Waals surface area contributed by atoms with Crippen LogP contribution in [0, 0.1) is 5.92 Å². The second-order valence-corrected chi connectivity index (χ2v) is 7.74. The average molecular weight is 404 g/mol. The monoisotopic (exact) mass is 403 g/mol. The number of nitrogens with one attached hydrogen (secondary N) is 3. The van der Waals surface area contributed by atoms with Crippen molar-refractivity contribution in [1.29, 1.82) is 0 Å². The number of carbonyl (C=O) groups is 2. The van der Waals surface area contributed by atoms with Gasteiger partial charge in [0.2, 0.25) is 5.91 Å². The Kier molecular flexibility index (Phi) is 7.44. The molecule has 2 aromatic rings. The fourth-order valence-corrected chi connectivity index (χ4v) is 3.70. The SMILES string of the molecule is CC1=CCC(=CNNC(=O)CNC(=O)C(c2ccccc2)c2ccccc2)C(C)C1. The van der Waals surface area contributed by atoms with Crippen LogP contribution in [-0.4, -0.2) is 18.4 Å². The van der Waals surface area contributed by atoms with Gasteiger partial charge in [-0.3, -0.25) is 15.0 Å². The summed E-state index contributed by atoms with van der Waals surface area (Å²) in [7, 11) is 0. The highest BCUT2D eigenvalue weighted by molar-refractivity contribution is 5.90. The predicted octanol–water partition coefficient (Wildman–Crippen LogP) is 3.82. The summed E-state index contributed by atoms with van der Waals surface area (Å²) in [5.74, 6) is -0.511. The van der Waals surface area contributed by atoms with E-state index in [1.807, 2.05) is 66.9 Å². The van der Waals surface area contributed by atoms with Crippen LogP contribution in [-0.2, 0) is 9.59 Å². The van der Waals surface area contributed by atoms with Gasteiger partial charge in [0.25, 0.3) is 5.91 Å². The molecule has 1 atom stereocenters. The van der Waals surface area contributed by atoms with Gasteiger partial charge in [-0.15, -0.1) is 0 Å². The fourth-order valence-electron chi connectivity index (χ4n) is 3.70. The van der Waals surface area contributed by atoms with Gasteiger partial charge in [-0.25, -0.2) is 0 Å². The van der Waals surface area contributed by atoms with Crippen molar-refractivity contribution in [3.63, 3.8) is 0 Å². The third-order valence-electron chi connectivity index (χ3n) is 5.37. The van der Waals surface area contributed by atoms with Crippen LogP contribution in [0.4, 0.5) is 0 Å². The van der Waals surface area contributed by atoms with Gasteiger partial charge in [0.15, 0.2) is 0 Å². The van der Waals surface area contributed by atoms with Crippen molar-refractivity contribution in [1.82, 2.24) is 16.2 Å². The van der Waals surface area contributed by atoms with E-state index >= 15 is 0 Å². The van der Waals surface area contributed by atoms with Gasteiger partial charge in [-0.2, -0.15) is 0 Å². The number of benzene rings is 2. The maximum Gasteiger partial charge on any atom is 0.257 e. The number of rotatable bonds is 7. The zero-order chi connectivity index (χ0) is 21.3. The van der Waals surface area contributed by atoms with E-state index in [1.54, 1.807) is 0 Å². The molecule has 5 heteroatoms. The van der Waals surface area contributed by atoms with Crippen molar-refractivity contribution in [2.24, 2.45) is 5.92 Å². The van der Waals surface area contributed by atoms with Crippen molar-refractivity contribution >= 4 is 11.8 Å². The molecule has 0 fully saturated rings. The molecule has 0 spiro atoms. The molecular weight excluding hydrogens is 374 g/mol. The number of hydrogen-bond acceptors (Lipinski definition) is 3. The number of hydrazine groups is 1. The highest BCUT2D eigenvalue weighted by Gasteiger charge is 2.22. The lowest BCUT2D eigenvalue weighted by Crippen LogP contribution is -2.43. The van der Waals surface area contributed by atoms with Gasteiger partial charge < -0.3 is 10.7 Å². The van der Waals surface area contributed by atoms with Crippen LogP contribution in [0.3, 0.4) is 0 Å². The molecular formula is C25H29N3O2. The van der Waals surface area contributed by atoms with Crippen LogP contribution in [0.25, 0.3) is 0 Å². The first-order chi connectivity index (χ1) is 14.5. The van der Waals surface area contributed by atoms with Crippen LogP contribution in [0.2, 0.25) is 0 Å². The van der Waals surface area contributed by atoms with E-state index in [1.165, 1.54) is 11.1 Å². The Morgan fingerprint density at radius 1 is 1.03 bits per heavy atom. The Bertz CT molecular complexity index is 880. The maximum atomic E-state index is 12.9. The second kappa shape index (κ2) is 10.4. The Balaban J connectivity index is 1.56. The molecule has 0 aromatic heterocycles. The summed E-state index contributed by atoms with van der Waals surface area (Å²) < 4.78 is 0. The normalized spacial score (nSPS) is 17.4. The molecule has 0 heterocycles. The van der Waals surface area contributed by atoms with Crippen molar-refractivity contribution in [3.05, 3.63) is 95.2 Å². The quantitative estimate of drug-likeness (QED) is 0.486. The molecule has 1 aliphatic rings. The molecule has 1 unspecified atom stereocenters. The highest BCUT2D eigenvalue weighted by atomic mass is 16.2. The van der Waals surface area contributed by atoms with Gasteiger partial charge in [0.05, 0.1) is 12.5 Å². The first kappa shape index (κ1) is 21.4.